The molecule has 7 N–H and O–H groups in total. The van der Waals surface area contributed by atoms with Crippen molar-refractivity contribution in [3.05, 3.63) is 24.5 Å². The Morgan fingerprint density at radius 2 is 1.88 bits per heavy atom. The number of fused-ring (bicyclic) bond motifs is 1. The highest BCUT2D eigenvalue weighted by Gasteiger charge is 2.44. The molecular formula is C18H24N8O8. The normalized spacial score (nSPS) is 34.1. The van der Waals surface area contributed by atoms with Crippen LogP contribution in [0.4, 0.5) is 5.82 Å². The summed E-state index contributed by atoms with van der Waals surface area (Å²) in [4.78, 5) is 12.2. The molecule has 0 aliphatic carbocycles. The van der Waals surface area contributed by atoms with Crippen LogP contribution < -0.4 is 5.73 Å². The van der Waals surface area contributed by atoms with Gasteiger partial charge in [-0.1, -0.05) is 5.21 Å². The number of aromatic nitrogens is 7. The SMILES string of the molecule is Nc1ncnc2c1ncn2[C@@H]1O[C@H](Cn2cc(CO[C@@H]3OC[C@@H](O)[C@@H](O)[C@H]3O)nn2)[C@@H](O)[C@H]1O. The van der Waals surface area contributed by atoms with Crippen LogP contribution in [0.15, 0.2) is 18.9 Å². The predicted molar refractivity (Wildman–Crippen MR) is 108 cm³/mol. The summed E-state index contributed by atoms with van der Waals surface area (Å²) in [6, 6.07) is 0. The molecule has 0 radical (unpaired) electrons. The summed E-state index contributed by atoms with van der Waals surface area (Å²) in [7, 11) is 0. The third kappa shape index (κ3) is 4.10. The second-order valence-electron chi connectivity index (χ2n) is 8.12. The Balaban J connectivity index is 1.22. The minimum Gasteiger partial charge on any atom is -0.388 e. The van der Waals surface area contributed by atoms with Gasteiger partial charge in [-0.15, -0.1) is 5.10 Å². The molecule has 2 aliphatic heterocycles. The van der Waals surface area contributed by atoms with Crippen molar-refractivity contribution in [1.29, 1.82) is 0 Å². The van der Waals surface area contributed by atoms with Gasteiger partial charge in [0.1, 0.15) is 54.2 Å². The van der Waals surface area contributed by atoms with Gasteiger partial charge in [-0.3, -0.25) is 4.57 Å². The fourth-order valence-electron chi connectivity index (χ4n) is 3.94. The summed E-state index contributed by atoms with van der Waals surface area (Å²) in [5.41, 5.74) is 6.89. The smallest absolute Gasteiger partial charge is 0.186 e. The maximum absolute atomic E-state index is 10.6. The topological polar surface area (TPSA) is 229 Å². The number of imidazole rings is 1. The molecule has 2 fully saturated rings. The summed E-state index contributed by atoms with van der Waals surface area (Å²) in [5.74, 6) is 0.183. The van der Waals surface area contributed by atoms with E-state index in [4.69, 9.17) is 19.9 Å². The third-order valence-electron chi connectivity index (χ3n) is 5.80. The largest absolute Gasteiger partial charge is 0.388 e. The van der Waals surface area contributed by atoms with Gasteiger partial charge in [-0.05, 0) is 0 Å². The van der Waals surface area contributed by atoms with Gasteiger partial charge in [0.25, 0.3) is 0 Å². The molecule has 34 heavy (non-hydrogen) atoms. The second-order valence-corrected chi connectivity index (χ2v) is 8.12. The Hall–Kier alpha value is -2.83. The Morgan fingerprint density at radius 3 is 2.71 bits per heavy atom. The standard InChI is InChI=1S/C18H24N8O8/c19-15-10-16(21-5-20-15)26(6-22-10)17-13(30)12(29)9(34-17)2-25-1-7(23-24-25)3-32-18-14(31)11(28)8(27)4-33-18/h1,5-6,8-9,11-14,17-18,27-31H,2-4H2,(H2,19,20,21)/t8-,9-,11-,12-,13-,14-,17-,18-/m1/s1. The van der Waals surface area contributed by atoms with Crippen LogP contribution in [0.3, 0.4) is 0 Å². The van der Waals surface area contributed by atoms with E-state index in [0.29, 0.717) is 16.9 Å². The summed E-state index contributed by atoms with van der Waals surface area (Å²) in [5, 5.41) is 58.2. The minimum atomic E-state index is -1.42. The molecule has 2 aliphatic rings. The van der Waals surface area contributed by atoms with Gasteiger partial charge in [-0.25, -0.2) is 19.6 Å². The van der Waals surface area contributed by atoms with Gasteiger partial charge in [0, 0.05) is 0 Å². The number of aliphatic hydroxyl groups is 5. The summed E-state index contributed by atoms with van der Waals surface area (Å²) >= 11 is 0. The number of aliphatic hydroxyl groups excluding tert-OH is 5. The lowest BCUT2D eigenvalue weighted by atomic mass is 10.1. The third-order valence-corrected chi connectivity index (χ3v) is 5.80. The zero-order valence-electron chi connectivity index (χ0n) is 17.6. The molecule has 0 amide bonds. The van der Waals surface area contributed by atoms with Crippen molar-refractivity contribution in [2.75, 3.05) is 12.3 Å². The Labute approximate surface area is 191 Å². The molecule has 0 aromatic carbocycles. The van der Waals surface area contributed by atoms with Gasteiger partial charge < -0.3 is 45.5 Å². The molecule has 8 atom stereocenters. The number of nitrogens with zero attached hydrogens (tertiary/aromatic N) is 7. The van der Waals surface area contributed by atoms with Crippen molar-refractivity contribution >= 4 is 17.0 Å². The van der Waals surface area contributed by atoms with Crippen LogP contribution in [0.25, 0.3) is 11.2 Å². The molecule has 2 saturated heterocycles. The Kier molecular flexibility index (Phi) is 6.13. The highest BCUT2D eigenvalue weighted by molar-refractivity contribution is 5.81. The molecule has 0 bridgehead atoms. The van der Waals surface area contributed by atoms with Crippen LogP contribution in [0, 0.1) is 0 Å². The van der Waals surface area contributed by atoms with Crippen LogP contribution in [0.2, 0.25) is 0 Å². The van der Waals surface area contributed by atoms with E-state index in [9.17, 15) is 25.5 Å². The summed E-state index contributed by atoms with van der Waals surface area (Å²) in [6.07, 6.45) is -5.21. The molecule has 16 nitrogen and oxygen atoms in total. The van der Waals surface area contributed by atoms with Gasteiger partial charge in [0.15, 0.2) is 24.0 Å². The van der Waals surface area contributed by atoms with Gasteiger partial charge >= 0.3 is 0 Å². The molecular weight excluding hydrogens is 456 g/mol. The molecule has 3 aromatic rings. The first kappa shape index (κ1) is 22.9. The number of ether oxygens (including phenoxy) is 3. The van der Waals surface area contributed by atoms with E-state index >= 15 is 0 Å². The number of anilines is 1. The first-order valence-electron chi connectivity index (χ1n) is 10.4. The predicted octanol–water partition coefficient (Wildman–Crippen LogP) is -3.72. The average Bonchev–Trinajstić information content (AvgIpc) is 3.52. The molecule has 0 unspecified atom stereocenters. The molecule has 184 valence electrons. The molecule has 5 heterocycles. The lowest BCUT2D eigenvalue weighted by molar-refractivity contribution is -0.273. The van der Waals surface area contributed by atoms with E-state index in [1.165, 1.54) is 28.1 Å². The fourth-order valence-corrected chi connectivity index (χ4v) is 3.94. The van der Waals surface area contributed by atoms with Gasteiger partial charge in [0.05, 0.1) is 32.3 Å². The highest BCUT2D eigenvalue weighted by atomic mass is 16.7. The van der Waals surface area contributed by atoms with Crippen LogP contribution in [0.1, 0.15) is 11.9 Å². The van der Waals surface area contributed by atoms with Crippen molar-refractivity contribution in [3.63, 3.8) is 0 Å². The van der Waals surface area contributed by atoms with E-state index in [1.807, 2.05) is 0 Å². The van der Waals surface area contributed by atoms with Crippen LogP contribution in [-0.4, -0.2) is 110 Å². The van der Waals surface area contributed by atoms with E-state index in [-0.39, 0.29) is 25.6 Å². The number of nitrogen functional groups attached to an aromatic ring is 1. The Bertz CT molecular complexity index is 1140. The number of rotatable bonds is 6. The van der Waals surface area contributed by atoms with Crippen LogP contribution >= 0.6 is 0 Å². The van der Waals surface area contributed by atoms with E-state index in [2.05, 4.69) is 25.3 Å². The lowest BCUT2D eigenvalue weighted by Gasteiger charge is -2.34. The molecule has 0 saturated carbocycles. The zero-order chi connectivity index (χ0) is 24.0. The van der Waals surface area contributed by atoms with Crippen LogP contribution in [0.5, 0.6) is 0 Å². The summed E-state index contributed by atoms with van der Waals surface area (Å²) in [6.45, 7) is -0.203. The maximum Gasteiger partial charge on any atom is 0.186 e. The number of hydrogen-bond donors (Lipinski definition) is 6. The molecule has 3 aromatic heterocycles. The van der Waals surface area contributed by atoms with Gasteiger partial charge in [-0.2, -0.15) is 0 Å². The quantitative estimate of drug-likeness (QED) is 0.199. The molecule has 16 heteroatoms. The van der Waals surface area contributed by atoms with E-state index in [0.717, 1.165) is 0 Å². The van der Waals surface area contributed by atoms with Crippen molar-refractivity contribution in [2.45, 2.75) is 62.3 Å². The number of hydrogen-bond acceptors (Lipinski definition) is 14. The lowest BCUT2D eigenvalue weighted by Crippen LogP contribution is -2.53. The second kappa shape index (κ2) is 9.08. The van der Waals surface area contributed by atoms with Crippen molar-refractivity contribution in [2.24, 2.45) is 0 Å². The zero-order valence-corrected chi connectivity index (χ0v) is 17.6. The first-order valence-corrected chi connectivity index (χ1v) is 10.4. The van der Waals surface area contributed by atoms with E-state index < -0.39 is 49.1 Å². The van der Waals surface area contributed by atoms with Gasteiger partial charge in [0.2, 0.25) is 0 Å². The average molecular weight is 480 g/mol. The fraction of sp³-hybridized carbons (Fsp3) is 0.611. The maximum atomic E-state index is 10.6. The monoisotopic (exact) mass is 480 g/mol. The van der Waals surface area contributed by atoms with Crippen LogP contribution in [-0.2, 0) is 27.4 Å². The first-order chi connectivity index (χ1) is 16.3. The highest BCUT2D eigenvalue weighted by Crippen LogP contribution is 2.32. The van der Waals surface area contributed by atoms with Crippen molar-refractivity contribution in [3.8, 4) is 0 Å². The minimum absolute atomic E-state index is 0.0684. The van der Waals surface area contributed by atoms with E-state index in [1.54, 1.807) is 0 Å². The van der Waals surface area contributed by atoms with Crippen molar-refractivity contribution < 1.29 is 39.7 Å². The summed E-state index contributed by atoms with van der Waals surface area (Å²) < 4.78 is 19.4. The number of nitrogens with two attached hydrogens (primary N) is 1. The Morgan fingerprint density at radius 1 is 1.06 bits per heavy atom. The molecule has 0 spiro atoms. The van der Waals surface area contributed by atoms with Crippen molar-refractivity contribution in [1.82, 2.24) is 34.5 Å². The molecule has 5 rings (SSSR count).